The summed E-state index contributed by atoms with van der Waals surface area (Å²) in [7, 11) is 0. The molecule has 4 rings (SSSR count). The molecule has 0 aliphatic carbocycles. The predicted octanol–water partition coefficient (Wildman–Crippen LogP) is 3.47. The lowest BCUT2D eigenvalue weighted by molar-refractivity contribution is 0.282. The molecule has 1 aromatic carbocycles. The van der Waals surface area contributed by atoms with Crippen LogP contribution in [-0.2, 0) is 6.54 Å². The number of nitrogens with zero attached hydrogens (tertiary/aromatic N) is 4. The van der Waals surface area contributed by atoms with Crippen LogP contribution >= 0.6 is 22.7 Å². The van der Waals surface area contributed by atoms with Crippen LogP contribution in [0.1, 0.15) is 12.1 Å². The highest BCUT2D eigenvalue weighted by Gasteiger charge is 2.18. The topological polar surface area (TPSA) is 32.3 Å². The van der Waals surface area contributed by atoms with E-state index in [1.54, 1.807) is 22.7 Å². The third kappa shape index (κ3) is 2.99. The van der Waals surface area contributed by atoms with Crippen LogP contribution in [0.5, 0.6) is 0 Å². The first-order valence-electron chi connectivity index (χ1n) is 7.58. The molecule has 22 heavy (non-hydrogen) atoms. The van der Waals surface area contributed by atoms with E-state index >= 15 is 0 Å². The second kappa shape index (κ2) is 6.32. The molecule has 6 heteroatoms. The molecule has 1 saturated heterocycles. The van der Waals surface area contributed by atoms with Crippen molar-refractivity contribution in [3.05, 3.63) is 40.8 Å². The van der Waals surface area contributed by atoms with Gasteiger partial charge in [0.25, 0.3) is 0 Å². The molecule has 0 amide bonds. The monoisotopic (exact) mass is 330 g/mol. The molecule has 0 N–H and O–H groups in total. The molecule has 1 aliphatic rings. The van der Waals surface area contributed by atoms with Gasteiger partial charge in [-0.05, 0) is 18.6 Å². The van der Waals surface area contributed by atoms with Crippen molar-refractivity contribution in [2.24, 2.45) is 0 Å². The van der Waals surface area contributed by atoms with E-state index in [-0.39, 0.29) is 0 Å². The van der Waals surface area contributed by atoms with Crippen LogP contribution in [0.2, 0.25) is 0 Å². The second-order valence-corrected chi connectivity index (χ2v) is 7.29. The number of hydrogen-bond donors (Lipinski definition) is 0. The van der Waals surface area contributed by atoms with Crippen LogP contribution in [0.4, 0.5) is 5.13 Å². The second-order valence-electron chi connectivity index (χ2n) is 5.56. The number of fused-ring (bicyclic) bond motifs is 1. The molecule has 114 valence electrons. The number of aromatic nitrogens is 2. The largest absolute Gasteiger partial charge is 0.347 e. The molecule has 3 aromatic rings. The number of rotatable bonds is 3. The van der Waals surface area contributed by atoms with E-state index in [0.29, 0.717) is 0 Å². The molecule has 3 heterocycles. The Hall–Kier alpha value is -1.50. The van der Waals surface area contributed by atoms with Crippen LogP contribution in [0.25, 0.3) is 10.2 Å². The summed E-state index contributed by atoms with van der Waals surface area (Å²) in [6.07, 6.45) is 1.18. The lowest BCUT2D eigenvalue weighted by atomic mass is 10.3. The van der Waals surface area contributed by atoms with Gasteiger partial charge in [0.15, 0.2) is 5.13 Å². The number of para-hydroxylation sites is 1. The van der Waals surface area contributed by atoms with E-state index in [4.69, 9.17) is 4.98 Å². The Kier molecular flexibility index (Phi) is 4.05. The van der Waals surface area contributed by atoms with Gasteiger partial charge < -0.3 is 4.90 Å². The van der Waals surface area contributed by atoms with Crippen LogP contribution in [0, 0.1) is 0 Å². The standard InChI is InChI=1S/C16H18N4S2/c1-2-5-15-14(4-1)18-16(22-15)20-7-3-6-19(8-9-20)10-13-11-21-12-17-13/h1-2,4-5,11-12H,3,6-10H2. The molecular formula is C16H18N4S2. The van der Waals surface area contributed by atoms with E-state index in [9.17, 15) is 0 Å². The maximum absolute atomic E-state index is 4.79. The maximum atomic E-state index is 4.79. The summed E-state index contributed by atoms with van der Waals surface area (Å²) in [5, 5.41) is 3.31. The summed E-state index contributed by atoms with van der Waals surface area (Å²) in [5.41, 5.74) is 4.23. The van der Waals surface area contributed by atoms with Gasteiger partial charge >= 0.3 is 0 Å². The number of benzene rings is 1. The van der Waals surface area contributed by atoms with Gasteiger partial charge in [-0.3, -0.25) is 4.90 Å². The fourth-order valence-corrected chi connectivity index (χ4v) is 4.43. The summed E-state index contributed by atoms with van der Waals surface area (Å²) in [4.78, 5) is 14.1. The highest BCUT2D eigenvalue weighted by atomic mass is 32.1. The summed E-state index contributed by atoms with van der Waals surface area (Å²) in [6, 6.07) is 8.40. The summed E-state index contributed by atoms with van der Waals surface area (Å²) in [5.74, 6) is 0. The van der Waals surface area contributed by atoms with E-state index < -0.39 is 0 Å². The van der Waals surface area contributed by atoms with E-state index in [1.165, 1.54) is 16.8 Å². The minimum absolute atomic E-state index is 0.969. The van der Waals surface area contributed by atoms with Crippen molar-refractivity contribution in [1.82, 2.24) is 14.9 Å². The van der Waals surface area contributed by atoms with Crippen LogP contribution in [-0.4, -0.2) is 41.0 Å². The van der Waals surface area contributed by atoms with Crippen molar-refractivity contribution < 1.29 is 0 Å². The van der Waals surface area contributed by atoms with Gasteiger partial charge in [-0.15, -0.1) is 11.3 Å². The fourth-order valence-electron chi connectivity index (χ4n) is 2.86. The molecule has 1 aliphatic heterocycles. The van der Waals surface area contributed by atoms with Crippen LogP contribution in [0.15, 0.2) is 35.2 Å². The van der Waals surface area contributed by atoms with Gasteiger partial charge in [-0.25, -0.2) is 9.97 Å². The van der Waals surface area contributed by atoms with Gasteiger partial charge in [-0.1, -0.05) is 23.5 Å². The average molecular weight is 330 g/mol. The van der Waals surface area contributed by atoms with Crippen molar-refractivity contribution in [2.75, 3.05) is 31.1 Å². The fraction of sp³-hybridized carbons (Fsp3) is 0.375. The molecule has 0 bridgehead atoms. The Morgan fingerprint density at radius 2 is 2.05 bits per heavy atom. The Morgan fingerprint density at radius 1 is 1.09 bits per heavy atom. The SMILES string of the molecule is c1ccc2sc(N3CCCN(Cc4cscn4)CC3)nc2c1. The Morgan fingerprint density at radius 3 is 2.91 bits per heavy atom. The highest BCUT2D eigenvalue weighted by Crippen LogP contribution is 2.29. The van der Waals surface area contributed by atoms with Crippen molar-refractivity contribution in [3.63, 3.8) is 0 Å². The molecule has 1 fully saturated rings. The van der Waals surface area contributed by atoms with Gasteiger partial charge in [0.1, 0.15) is 0 Å². The lowest BCUT2D eigenvalue weighted by Crippen LogP contribution is -2.30. The maximum Gasteiger partial charge on any atom is 0.186 e. The molecule has 4 nitrogen and oxygen atoms in total. The summed E-state index contributed by atoms with van der Waals surface area (Å²) in [6.45, 7) is 5.32. The quantitative estimate of drug-likeness (QED) is 0.736. The van der Waals surface area contributed by atoms with Gasteiger partial charge in [0, 0.05) is 38.1 Å². The molecular weight excluding hydrogens is 312 g/mol. The van der Waals surface area contributed by atoms with Gasteiger partial charge in [-0.2, -0.15) is 0 Å². The Labute approximate surface area is 138 Å². The van der Waals surface area contributed by atoms with Crippen LogP contribution in [0.3, 0.4) is 0 Å². The average Bonchev–Trinajstić information content (AvgIpc) is 3.13. The molecule has 0 unspecified atom stereocenters. The minimum atomic E-state index is 0.969. The molecule has 0 spiro atoms. The number of thiazole rings is 2. The van der Waals surface area contributed by atoms with Crippen molar-refractivity contribution >= 4 is 38.0 Å². The zero-order valence-corrected chi connectivity index (χ0v) is 13.9. The predicted molar refractivity (Wildman–Crippen MR) is 93.8 cm³/mol. The molecule has 0 atom stereocenters. The summed E-state index contributed by atoms with van der Waals surface area (Å²) >= 11 is 3.48. The van der Waals surface area contributed by atoms with E-state index in [0.717, 1.165) is 43.4 Å². The van der Waals surface area contributed by atoms with Gasteiger partial charge in [0.2, 0.25) is 0 Å². The number of anilines is 1. The number of hydrogen-bond acceptors (Lipinski definition) is 6. The van der Waals surface area contributed by atoms with Crippen LogP contribution < -0.4 is 4.90 Å². The normalized spacial score (nSPS) is 17.0. The van der Waals surface area contributed by atoms with Crippen molar-refractivity contribution in [3.8, 4) is 0 Å². The highest BCUT2D eigenvalue weighted by molar-refractivity contribution is 7.22. The first-order chi connectivity index (χ1) is 10.9. The summed E-state index contributed by atoms with van der Waals surface area (Å²) < 4.78 is 1.28. The van der Waals surface area contributed by atoms with Gasteiger partial charge in [0.05, 0.1) is 21.4 Å². The molecule has 2 aromatic heterocycles. The third-order valence-electron chi connectivity index (χ3n) is 4.01. The van der Waals surface area contributed by atoms with Crippen molar-refractivity contribution in [2.45, 2.75) is 13.0 Å². The van der Waals surface area contributed by atoms with Crippen molar-refractivity contribution in [1.29, 1.82) is 0 Å². The zero-order valence-electron chi connectivity index (χ0n) is 12.3. The Balaban J connectivity index is 1.45. The zero-order chi connectivity index (χ0) is 14.8. The van der Waals surface area contributed by atoms with E-state index in [1.807, 2.05) is 5.51 Å². The molecule has 0 radical (unpaired) electrons. The third-order valence-corrected chi connectivity index (χ3v) is 5.74. The smallest absolute Gasteiger partial charge is 0.186 e. The minimum Gasteiger partial charge on any atom is -0.347 e. The molecule has 0 saturated carbocycles. The Bertz CT molecular complexity index is 705. The first-order valence-corrected chi connectivity index (χ1v) is 9.34. The van der Waals surface area contributed by atoms with E-state index in [2.05, 4.69) is 44.4 Å². The lowest BCUT2D eigenvalue weighted by Gasteiger charge is -2.20. The first kappa shape index (κ1) is 14.1.